The molecule has 2 rings (SSSR count). The number of nitrogens with one attached hydrogen (secondary N) is 1. The molecular formula is C13H21ClN4O2. The molecule has 20 heavy (non-hydrogen) atoms. The van der Waals surface area contributed by atoms with Gasteiger partial charge >= 0.3 is 0 Å². The average Bonchev–Trinajstić information content (AvgIpc) is 2.39. The second-order valence-corrected chi connectivity index (χ2v) is 5.66. The first-order valence-corrected chi connectivity index (χ1v) is 7.24. The fraction of sp³-hybridized carbons (Fsp3) is 0.692. The van der Waals surface area contributed by atoms with Crippen molar-refractivity contribution in [3.8, 4) is 0 Å². The Balaban J connectivity index is 2.18. The van der Waals surface area contributed by atoms with E-state index >= 15 is 0 Å². The topological polar surface area (TPSA) is 82.2 Å². The van der Waals surface area contributed by atoms with Crippen LogP contribution < -0.4 is 16.6 Å². The highest BCUT2D eigenvalue weighted by atomic mass is 35.5. The molecule has 0 radical (unpaired) electrons. The second-order valence-electron chi connectivity index (χ2n) is 5.28. The molecule has 0 aliphatic heterocycles. The molecule has 0 bridgehead atoms. The fourth-order valence-corrected chi connectivity index (χ4v) is 2.51. The van der Waals surface area contributed by atoms with Crippen LogP contribution in [0.25, 0.3) is 0 Å². The summed E-state index contributed by atoms with van der Waals surface area (Å²) in [6.45, 7) is 6.34. The highest BCUT2D eigenvalue weighted by Gasteiger charge is 2.39. The van der Waals surface area contributed by atoms with Crippen LogP contribution in [0.5, 0.6) is 0 Å². The van der Waals surface area contributed by atoms with Gasteiger partial charge in [0.25, 0.3) is 5.56 Å². The molecule has 7 heteroatoms. The van der Waals surface area contributed by atoms with Gasteiger partial charge in [0.1, 0.15) is 5.02 Å². The molecule has 1 heterocycles. The zero-order chi connectivity index (χ0) is 14.9. The minimum absolute atomic E-state index is 0.00449. The summed E-state index contributed by atoms with van der Waals surface area (Å²) in [7, 11) is 0. The van der Waals surface area contributed by atoms with Crippen molar-refractivity contribution in [1.82, 2.24) is 9.78 Å². The van der Waals surface area contributed by atoms with Crippen molar-refractivity contribution in [2.24, 2.45) is 5.73 Å². The zero-order valence-electron chi connectivity index (χ0n) is 12.0. The summed E-state index contributed by atoms with van der Waals surface area (Å²) in [6, 6.07) is -0.0742. The smallest absolute Gasteiger partial charge is 0.287 e. The summed E-state index contributed by atoms with van der Waals surface area (Å²) >= 11 is 6.12. The van der Waals surface area contributed by atoms with Crippen molar-refractivity contribution in [3.05, 3.63) is 21.6 Å². The van der Waals surface area contributed by atoms with Gasteiger partial charge in [-0.25, -0.2) is 4.68 Å². The van der Waals surface area contributed by atoms with Gasteiger partial charge in [-0.3, -0.25) is 4.79 Å². The molecule has 6 nitrogen and oxygen atoms in total. The third kappa shape index (κ3) is 2.82. The molecule has 3 atom stereocenters. The Labute approximate surface area is 123 Å². The number of rotatable bonds is 5. The highest BCUT2D eigenvalue weighted by molar-refractivity contribution is 6.32. The molecule has 1 saturated carbocycles. The first kappa shape index (κ1) is 15.3. The summed E-state index contributed by atoms with van der Waals surface area (Å²) in [5.74, 6) is 0. The van der Waals surface area contributed by atoms with E-state index in [-0.39, 0.29) is 34.8 Å². The van der Waals surface area contributed by atoms with Crippen LogP contribution >= 0.6 is 11.6 Å². The molecule has 1 fully saturated rings. The van der Waals surface area contributed by atoms with E-state index in [1.807, 2.05) is 20.8 Å². The fourth-order valence-electron chi connectivity index (χ4n) is 2.32. The van der Waals surface area contributed by atoms with Crippen molar-refractivity contribution in [2.75, 3.05) is 11.9 Å². The minimum atomic E-state index is -0.299. The van der Waals surface area contributed by atoms with Gasteiger partial charge in [0.05, 0.1) is 30.1 Å². The van der Waals surface area contributed by atoms with E-state index in [1.165, 1.54) is 4.68 Å². The predicted molar refractivity (Wildman–Crippen MR) is 79.3 cm³/mol. The lowest BCUT2D eigenvalue weighted by Crippen LogP contribution is -2.60. The molecular weight excluding hydrogens is 280 g/mol. The number of aromatic nitrogens is 2. The summed E-state index contributed by atoms with van der Waals surface area (Å²) < 4.78 is 6.93. The van der Waals surface area contributed by atoms with Crippen LogP contribution in [0.2, 0.25) is 5.02 Å². The van der Waals surface area contributed by atoms with E-state index in [4.69, 9.17) is 22.1 Å². The lowest BCUT2D eigenvalue weighted by molar-refractivity contribution is -0.0126. The number of nitrogens with zero attached hydrogens (tertiary/aromatic N) is 2. The maximum atomic E-state index is 12.1. The molecule has 0 aromatic carbocycles. The van der Waals surface area contributed by atoms with Gasteiger partial charge in [-0.1, -0.05) is 11.6 Å². The normalized spacial score (nSPS) is 25.6. The molecule has 0 spiro atoms. The summed E-state index contributed by atoms with van der Waals surface area (Å²) in [5.41, 5.74) is 6.18. The van der Waals surface area contributed by atoms with E-state index < -0.39 is 0 Å². The Bertz CT molecular complexity index is 530. The monoisotopic (exact) mass is 300 g/mol. The lowest BCUT2D eigenvalue weighted by Gasteiger charge is -2.43. The largest absolute Gasteiger partial charge is 0.376 e. The second kappa shape index (κ2) is 6.11. The Kier molecular flexibility index (Phi) is 4.67. The molecule has 3 N–H and O–H groups in total. The SMILES string of the molecule is CCOC1CC(N)C1Nc1cnn(C(C)C)c(=O)c1Cl. The average molecular weight is 301 g/mol. The molecule has 3 unspecified atom stereocenters. The van der Waals surface area contributed by atoms with Crippen molar-refractivity contribution in [2.45, 2.75) is 51.4 Å². The van der Waals surface area contributed by atoms with Crippen LogP contribution in [0.15, 0.2) is 11.0 Å². The van der Waals surface area contributed by atoms with Crippen molar-refractivity contribution in [3.63, 3.8) is 0 Å². The summed E-state index contributed by atoms with van der Waals surface area (Å²) in [4.78, 5) is 12.1. The van der Waals surface area contributed by atoms with Gasteiger partial charge in [-0.2, -0.15) is 5.10 Å². The number of hydrogen-bond acceptors (Lipinski definition) is 5. The van der Waals surface area contributed by atoms with Gasteiger partial charge in [0, 0.05) is 12.6 Å². The third-order valence-electron chi connectivity index (χ3n) is 3.50. The van der Waals surface area contributed by atoms with Crippen LogP contribution in [0, 0.1) is 0 Å². The summed E-state index contributed by atoms with van der Waals surface area (Å²) in [6.07, 6.45) is 2.43. The summed E-state index contributed by atoms with van der Waals surface area (Å²) in [5, 5.41) is 7.44. The van der Waals surface area contributed by atoms with Gasteiger partial charge < -0.3 is 15.8 Å². The first-order valence-electron chi connectivity index (χ1n) is 6.86. The van der Waals surface area contributed by atoms with Crippen LogP contribution in [0.1, 0.15) is 33.2 Å². The van der Waals surface area contributed by atoms with Gasteiger partial charge in [-0.05, 0) is 27.2 Å². The van der Waals surface area contributed by atoms with Gasteiger partial charge in [0.2, 0.25) is 0 Å². The molecule has 0 amide bonds. The lowest BCUT2D eigenvalue weighted by atomic mass is 9.83. The first-order chi connectivity index (χ1) is 9.45. The quantitative estimate of drug-likeness (QED) is 0.859. The molecule has 0 saturated heterocycles. The van der Waals surface area contributed by atoms with Gasteiger partial charge in [-0.15, -0.1) is 0 Å². The molecule has 1 aliphatic carbocycles. The van der Waals surface area contributed by atoms with Crippen molar-refractivity contribution < 1.29 is 4.74 Å². The molecule has 1 aromatic heterocycles. The number of nitrogens with two attached hydrogens (primary N) is 1. The van der Waals surface area contributed by atoms with Crippen LogP contribution in [-0.2, 0) is 4.74 Å². The number of halogens is 1. The number of hydrogen-bond donors (Lipinski definition) is 2. The Morgan fingerprint density at radius 1 is 1.65 bits per heavy atom. The Morgan fingerprint density at radius 3 is 2.90 bits per heavy atom. The predicted octanol–water partition coefficient (Wildman–Crippen LogP) is 1.39. The van der Waals surface area contributed by atoms with Crippen LogP contribution in [0.3, 0.4) is 0 Å². The molecule has 1 aliphatic rings. The van der Waals surface area contributed by atoms with E-state index in [9.17, 15) is 4.79 Å². The van der Waals surface area contributed by atoms with Crippen molar-refractivity contribution in [1.29, 1.82) is 0 Å². The Hall–Kier alpha value is -1.11. The minimum Gasteiger partial charge on any atom is -0.376 e. The standard InChI is InChI=1S/C13H21ClN4O2/c1-4-20-10-5-8(15)12(10)17-9-6-16-18(7(2)3)13(19)11(9)14/h6-8,10,12,17H,4-5,15H2,1-3H3. The zero-order valence-corrected chi connectivity index (χ0v) is 12.7. The van der Waals surface area contributed by atoms with E-state index in [0.717, 1.165) is 6.42 Å². The Morgan fingerprint density at radius 2 is 2.35 bits per heavy atom. The maximum absolute atomic E-state index is 12.1. The molecule has 112 valence electrons. The highest BCUT2D eigenvalue weighted by Crippen LogP contribution is 2.28. The van der Waals surface area contributed by atoms with Gasteiger partial charge in [0.15, 0.2) is 0 Å². The van der Waals surface area contributed by atoms with E-state index in [1.54, 1.807) is 6.20 Å². The number of ether oxygens (including phenoxy) is 1. The molecule has 1 aromatic rings. The van der Waals surface area contributed by atoms with E-state index in [0.29, 0.717) is 12.3 Å². The van der Waals surface area contributed by atoms with Crippen LogP contribution in [-0.4, -0.2) is 34.6 Å². The third-order valence-corrected chi connectivity index (χ3v) is 3.87. The van der Waals surface area contributed by atoms with Crippen molar-refractivity contribution >= 4 is 17.3 Å². The maximum Gasteiger partial charge on any atom is 0.287 e. The van der Waals surface area contributed by atoms with E-state index in [2.05, 4.69) is 10.4 Å². The van der Waals surface area contributed by atoms with Crippen LogP contribution in [0.4, 0.5) is 5.69 Å². The number of anilines is 1.